The van der Waals surface area contributed by atoms with Gasteiger partial charge in [0, 0.05) is 31.9 Å². The molecule has 0 spiro atoms. The van der Waals surface area contributed by atoms with Gasteiger partial charge >= 0.3 is 0 Å². The third kappa shape index (κ3) is 3.85. The largest absolute Gasteiger partial charge is 0.385 e. The van der Waals surface area contributed by atoms with Gasteiger partial charge in [-0.2, -0.15) is 0 Å². The molecule has 2 rings (SSSR count). The van der Waals surface area contributed by atoms with E-state index >= 15 is 0 Å². The molecule has 5 nitrogen and oxygen atoms in total. The molecule has 112 valence electrons. The topological polar surface area (TPSA) is 64.4 Å². The van der Waals surface area contributed by atoms with Crippen molar-refractivity contribution in [2.45, 2.75) is 6.42 Å². The maximum Gasteiger partial charge on any atom is 0.273 e. The second-order valence-electron chi connectivity index (χ2n) is 4.31. The summed E-state index contributed by atoms with van der Waals surface area (Å²) in [6, 6.07) is 4.69. The number of halogens is 2. The Labute approximate surface area is 119 Å². The fourth-order valence-electron chi connectivity index (χ4n) is 1.68. The van der Waals surface area contributed by atoms with Gasteiger partial charge in [0.2, 0.25) is 0 Å². The molecule has 21 heavy (non-hydrogen) atoms. The Kier molecular flexibility index (Phi) is 4.99. The lowest BCUT2D eigenvalue weighted by atomic mass is 10.1. The molecule has 0 aliphatic rings. The van der Waals surface area contributed by atoms with Crippen LogP contribution in [0.2, 0.25) is 0 Å². The highest BCUT2D eigenvalue weighted by Crippen LogP contribution is 2.22. The lowest BCUT2D eigenvalue weighted by Gasteiger charge is -2.01. The molecular weight excluding hydrogens is 282 g/mol. The molecule has 0 unspecified atom stereocenters. The van der Waals surface area contributed by atoms with E-state index in [1.54, 1.807) is 7.11 Å². The van der Waals surface area contributed by atoms with Crippen molar-refractivity contribution in [1.82, 2.24) is 10.5 Å². The van der Waals surface area contributed by atoms with Crippen LogP contribution >= 0.6 is 0 Å². The van der Waals surface area contributed by atoms with Gasteiger partial charge in [0.05, 0.1) is 0 Å². The van der Waals surface area contributed by atoms with Crippen LogP contribution in [0.1, 0.15) is 16.9 Å². The van der Waals surface area contributed by atoms with E-state index in [4.69, 9.17) is 9.26 Å². The van der Waals surface area contributed by atoms with Crippen molar-refractivity contribution in [3.8, 4) is 11.3 Å². The fourth-order valence-corrected chi connectivity index (χ4v) is 1.68. The zero-order chi connectivity index (χ0) is 15.2. The molecule has 0 atom stereocenters. The van der Waals surface area contributed by atoms with E-state index in [0.29, 0.717) is 25.1 Å². The summed E-state index contributed by atoms with van der Waals surface area (Å²) in [6.45, 7) is 0.985. The van der Waals surface area contributed by atoms with Crippen molar-refractivity contribution in [3.05, 3.63) is 41.6 Å². The van der Waals surface area contributed by atoms with E-state index in [9.17, 15) is 13.6 Å². The molecule has 0 aliphatic heterocycles. The molecule has 1 N–H and O–H groups in total. The van der Waals surface area contributed by atoms with Gasteiger partial charge in [-0.15, -0.1) is 0 Å². The minimum Gasteiger partial charge on any atom is -0.385 e. The second-order valence-corrected chi connectivity index (χ2v) is 4.31. The third-order valence-electron chi connectivity index (χ3n) is 2.76. The van der Waals surface area contributed by atoms with Gasteiger partial charge in [0.1, 0.15) is 0 Å². The van der Waals surface area contributed by atoms with E-state index in [2.05, 4.69) is 10.5 Å². The van der Waals surface area contributed by atoms with Crippen molar-refractivity contribution in [2.24, 2.45) is 0 Å². The zero-order valence-electron chi connectivity index (χ0n) is 11.4. The number of rotatable bonds is 6. The van der Waals surface area contributed by atoms with E-state index in [0.717, 1.165) is 12.1 Å². The van der Waals surface area contributed by atoms with Crippen LogP contribution in [0.5, 0.6) is 0 Å². The molecule has 0 aliphatic carbocycles. The van der Waals surface area contributed by atoms with Crippen molar-refractivity contribution in [1.29, 1.82) is 0 Å². The van der Waals surface area contributed by atoms with Crippen LogP contribution in [-0.4, -0.2) is 31.3 Å². The van der Waals surface area contributed by atoms with E-state index in [-0.39, 0.29) is 11.5 Å². The van der Waals surface area contributed by atoms with Gasteiger partial charge in [0.15, 0.2) is 23.1 Å². The number of ether oxygens (including phenoxy) is 1. The predicted octanol–water partition coefficient (Wildman–Crippen LogP) is 2.39. The van der Waals surface area contributed by atoms with Crippen LogP contribution in [0.3, 0.4) is 0 Å². The van der Waals surface area contributed by atoms with Crippen LogP contribution in [0.4, 0.5) is 8.78 Å². The Morgan fingerprint density at radius 3 is 2.86 bits per heavy atom. The molecule has 0 saturated carbocycles. The Bertz CT molecular complexity index is 628. The number of amides is 1. The maximum atomic E-state index is 13.1. The van der Waals surface area contributed by atoms with Crippen LogP contribution in [0.15, 0.2) is 28.8 Å². The van der Waals surface area contributed by atoms with Gasteiger partial charge in [-0.25, -0.2) is 8.78 Å². The number of nitrogens with zero attached hydrogens (tertiary/aromatic N) is 1. The first-order valence-electron chi connectivity index (χ1n) is 6.31. The molecule has 2 aromatic rings. The average Bonchev–Trinajstić information content (AvgIpc) is 2.96. The summed E-state index contributed by atoms with van der Waals surface area (Å²) in [4.78, 5) is 11.8. The summed E-state index contributed by atoms with van der Waals surface area (Å²) in [5.41, 5.74) is 0.381. The molecular formula is C14H14F2N2O3. The molecule has 0 bridgehead atoms. The molecule has 0 fully saturated rings. The summed E-state index contributed by atoms with van der Waals surface area (Å²) in [7, 11) is 1.58. The van der Waals surface area contributed by atoms with Crippen molar-refractivity contribution in [2.75, 3.05) is 20.3 Å². The number of hydrogen-bond acceptors (Lipinski definition) is 4. The Morgan fingerprint density at radius 1 is 1.33 bits per heavy atom. The molecule has 1 aromatic heterocycles. The number of aromatic nitrogens is 1. The van der Waals surface area contributed by atoms with Crippen LogP contribution in [0.25, 0.3) is 11.3 Å². The molecule has 1 heterocycles. The Hall–Kier alpha value is -2.28. The normalized spacial score (nSPS) is 10.6. The van der Waals surface area contributed by atoms with E-state index in [1.165, 1.54) is 12.1 Å². The lowest BCUT2D eigenvalue weighted by molar-refractivity contribution is 0.0939. The molecule has 1 aromatic carbocycles. The van der Waals surface area contributed by atoms with Crippen LogP contribution in [-0.2, 0) is 4.74 Å². The Morgan fingerprint density at radius 2 is 2.14 bits per heavy atom. The fraction of sp³-hybridized carbons (Fsp3) is 0.286. The standard InChI is InChI=1S/C14H14F2N2O3/c1-20-6-2-5-17-14(19)12-8-13(21-18-12)9-3-4-10(15)11(16)7-9/h3-4,7-8H,2,5-6H2,1H3,(H,17,19). The summed E-state index contributed by atoms with van der Waals surface area (Å²) in [6.07, 6.45) is 0.677. The third-order valence-corrected chi connectivity index (χ3v) is 2.76. The second kappa shape index (κ2) is 6.94. The predicted molar refractivity (Wildman–Crippen MR) is 70.7 cm³/mol. The average molecular weight is 296 g/mol. The first-order valence-corrected chi connectivity index (χ1v) is 6.31. The lowest BCUT2D eigenvalue weighted by Crippen LogP contribution is -2.25. The monoisotopic (exact) mass is 296 g/mol. The van der Waals surface area contributed by atoms with Gasteiger partial charge < -0.3 is 14.6 Å². The highest BCUT2D eigenvalue weighted by Gasteiger charge is 2.14. The quantitative estimate of drug-likeness (QED) is 0.831. The molecule has 0 saturated heterocycles. The summed E-state index contributed by atoms with van der Waals surface area (Å²) >= 11 is 0. The van der Waals surface area contributed by atoms with Gasteiger partial charge in [-0.3, -0.25) is 4.79 Å². The van der Waals surface area contributed by atoms with Gasteiger partial charge in [0.25, 0.3) is 5.91 Å². The molecule has 1 amide bonds. The Balaban J connectivity index is 2.03. The highest BCUT2D eigenvalue weighted by molar-refractivity contribution is 5.93. The summed E-state index contributed by atoms with van der Waals surface area (Å²) in [5, 5.41) is 6.25. The number of benzene rings is 1. The van der Waals surface area contributed by atoms with E-state index < -0.39 is 17.5 Å². The maximum absolute atomic E-state index is 13.1. The van der Waals surface area contributed by atoms with Crippen molar-refractivity contribution >= 4 is 5.91 Å². The minimum atomic E-state index is -0.991. The number of carbonyl (C=O) groups excluding carboxylic acids is 1. The van der Waals surface area contributed by atoms with Crippen LogP contribution < -0.4 is 5.32 Å². The SMILES string of the molecule is COCCCNC(=O)c1cc(-c2ccc(F)c(F)c2)on1. The number of carbonyl (C=O) groups is 1. The zero-order valence-corrected chi connectivity index (χ0v) is 11.4. The molecule has 0 radical (unpaired) electrons. The van der Waals surface area contributed by atoms with Crippen molar-refractivity contribution < 1.29 is 22.8 Å². The highest BCUT2D eigenvalue weighted by atomic mass is 19.2. The minimum absolute atomic E-state index is 0.0761. The first-order chi connectivity index (χ1) is 10.1. The number of nitrogens with one attached hydrogen (secondary N) is 1. The van der Waals surface area contributed by atoms with Gasteiger partial charge in [-0.1, -0.05) is 5.16 Å². The summed E-state index contributed by atoms with van der Waals surface area (Å²) < 4.78 is 35.8. The van der Waals surface area contributed by atoms with Crippen LogP contribution in [0, 0.1) is 11.6 Å². The molecule has 7 heteroatoms. The van der Waals surface area contributed by atoms with E-state index in [1.807, 2.05) is 0 Å². The first kappa shape index (κ1) is 15.1. The number of methoxy groups -OCH3 is 1. The van der Waals surface area contributed by atoms with Crippen molar-refractivity contribution in [3.63, 3.8) is 0 Å². The number of hydrogen-bond donors (Lipinski definition) is 1. The smallest absolute Gasteiger partial charge is 0.273 e. The summed E-state index contributed by atoms with van der Waals surface area (Å²) in [5.74, 6) is -2.15. The van der Waals surface area contributed by atoms with Gasteiger partial charge in [-0.05, 0) is 24.6 Å².